The van der Waals surface area contributed by atoms with E-state index in [1.54, 1.807) is 0 Å². The first-order valence-electron chi connectivity index (χ1n) is 8.50. The van der Waals surface area contributed by atoms with Gasteiger partial charge in [-0.25, -0.2) is 0 Å². The summed E-state index contributed by atoms with van der Waals surface area (Å²) in [7, 11) is 0. The van der Waals surface area contributed by atoms with E-state index in [1.807, 2.05) is 0 Å². The van der Waals surface area contributed by atoms with Crippen LogP contribution in [0.5, 0.6) is 0 Å². The number of unbranched alkanes of at least 4 members (excludes halogenated alkanes) is 10. The van der Waals surface area contributed by atoms with Crippen LogP contribution >= 0.6 is 23.2 Å². The highest BCUT2D eigenvalue weighted by Crippen LogP contribution is 2.33. The third-order valence-corrected chi connectivity index (χ3v) is 4.55. The first kappa shape index (κ1) is 19.6. The van der Waals surface area contributed by atoms with E-state index in [0.29, 0.717) is 0 Å². The molecule has 0 saturated carbocycles. The lowest BCUT2D eigenvalue weighted by Gasteiger charge is -2.19. The molecule has 0 radical (unpaired) electrons. The molecule has 0 nitrogen and oxygen atoms in total. The number of alkyl halides is 2. The summed E-state index contributed by atoms with van der Waals surface area (Å²) in [5.41, 5.74) is 0. The van der Waals surface area contributed by atoms with Crippen molar-refractivity contribution in [1.29, 1.82) is 0 Å². The van der Waals surface area contributed by atoms with Gasteiger partial charge in [-0.15, -0.1) is 23.2 Å². The van der Waals surface area contributed by atoms with Gasteiger partial charge in [0, 0.05) is 0 Å². The summed E-state index contributed by atoms with van der Waals surface area (Å²) in [5, 5.41) is 0. The van der Waals surface area contributed by atoms with Crippen molar-refractivity contribution in [1.82, 2.24) is 0 Å². The van der Waals surface area contributed by atoms with Gasteiger partial charge in [-0.1, -0.05) is 90.9 Å². The highest BCUT2D eigenvalue weighted by molar-refractivity contribution is 6.48. The average Bonchev–Trinajstić information content (AvgIpc) is 2.38. The van der Waals surface area contributed by atoms with Crippen molar-refractivity contribution < 1.29 is 0 Å². The molecule has 19 heavy (non-hydrogen) atoms. The minimum absolute atomic E-state index is 0.463. The smallest absolute Gasteiger partial charge is 0.102 e. The van der Waals surface area contributed by atoms with Crippen molar-refractivity contribution in [3.8, 4) is 0 Å². The molecular weight excluding hydrogens is 275 g/mol. The molecule has 0 aromatic rings. The van der Waals surface area contributed by atoms with Gasteiger partial charge < -0.3 is 0 Å². The van der Waals surface area contributed by atoms with Crippen LogP contribution in [0, 0.1) is 0 Å². The summed E-state index contributed by atoms with van der Waals surface area (Å²) in [6.07, 6.45) is 17.7. The molecule has 0 N–H and O–H groups in total. The fraction of sp³-hybridized carbons (Fsp3) is 1.00. The Hall–Kier alpha value is 0.580. The number of halogens is 2. The average molecular weight is 309 g/mol. The summed E-state index contributed by atoms with van der Waals surface area (Å²) in [6, 6.07) is 0. The molecule has 0 heterocycles. The minimum Gasteiger partial charge on any atom is -0.102 e. The lowest BCUT2D eigenvalue weighted by atomic mass is 10.0. The van der Waals surface area contributed by atoms with Crippen molar-refractivity contribution >= 4 is 23.2 Å². The van der Waals surface area contributed by atoms with E-state index in [-0.39, 0.29) is 0 Å². The molecule has 0 rings (SSSR count). The molecule has 0 aliphatic carbocycles. The quantitative estimate of drug-likeness (QED) is 0.228. The zero-order valence-electron chi connectivity index (χ0n) is 13.2. The van der Waals surface area contributed by atoms with Gasteiger partial charge in [0.1, 0.15) is 4.33 Å². The SMILES string of the molecule is CCCCCCCCC(Cl)(Cl)CCCCCCCC. The Morgan fingerprint density at radius 2 is 0.842 bits per heavy atom. The molecule has 0 amide bonds. The number of hydrogen-bond donors (Lipinski definition) is 0. The summed E-state index contributed by atoms with van der Waals surface area (Å²) in [5.74, 6) is 0. The van der Waals surface area contributed by atoms with E-state index in [0.717, 1.165) is 12.8 Å². The third kappa shape index (κ3) is 14.8. The van der Waals surface area contributed by atoms with Crippen LogP contribution in [0.15, 0.2) is 0 Å². The highest BCUT2D eigenvalue weighted by Gasteiger charge is 2.22. The van der Waals surface area contributed by atoms with Crippen LogP contribution in [-0.4, -0.2) is 4.33 Å². The van der Waals surface area contributed by atoms with Crippen molar-refractivity contribution in [3.63, 3.8) is 0 Å². The van der Waals surface area contributed by atoms with Crippen molar-refractivity contribution in [2.24, 2.45) is 0 Å². The maximum atomic E-state index is 6.38. The van der Waals surface area contributed by atoms with Crippen molar-refractivity contribution in [2.75, 3.05) is 0 Å². The molecule has 2 heteroatoms. The largest absolute Gasteiger partial charge is 0.118 e. The summed E-state index contributed by atoms with van der Waals surface area (Å²) in [4.78, 5) is 0. The number of hydrogen-bond acceptors (Lipinski definition) is 0. The van der Waals surface area contributed by atoms with E-state index in [2.05, 4.69) is 13.8 Å². The summed E-state index contributed by atoms with van der Waals surface area (Å²) < 4.78 is -0.463. The van der Waals surface area contributed by atoms with Gasteiger partial charge >= 0.3 is 0 Å². The van der Waals surface area contributed by atoms with Crippen LogP contribution in [-0.2, 0) is 0 Å². The lowest BCUT2D eigenvalue weighted by molar-refractivity contribution is 0.516. The molecule has 0 bridgehead atoms. The molecule has 0 unspecified atom stereocenters. The van der Waals surface area contributed by atoms with E-state index in [1.165, 1.54) is 77.0 Å². The zero-order valence-corrected chi connectivity index (χ0v) is 14.7. The van der Waals surface area contributed by atoms with Gasteiger partial charge in [0.05, 0.1) is 0 Å². The molecule has 0 aromatic heterocycles. The predicted octanol–water partition coefficient (Wildman–Crippen LogP) is 7.66. The topological polar surface area (TPSA) is 0 Å². The Morgan fingerprint density at radius 3 is 1.21 bits per heavy atom. The Balaban J connectivity index is 3.36. The van der Waals surface area contributed by atoms with E-state index < -0.39 is 4.33 Å². The molecule has 0 saturated heterocycles. The van der Waals surface area contributed by atoms with Crippen LogP contribution in [0.2, 0.25) is 0 Å². The molecule has 116 valence electrons. The van der Waals surface area contributed by atoms with Crippen LogP contribution < -0.4 is 0 Å². The third-order valence-electron chi connectivity index (χ3n) is 3.79. The van der Waals surface area contributed by atoms with Gasteiger partial charge in [0.2, 0.25) is 0 Å². The van der Waals surface area contributed by atoms with Gasteiger partial charge in [0.25, 0.3) is 0 Å². The zero-order chi connectivity index (χ0) is 14.4. The maximum absolute atomic E-state index is 6.38. The van der Waals surface area contributed by atoms with E-state index in [4.69, 9.17) is 23.2 Å². The molecule has 0 spiro atoms. The Bertz CT molecular complexity index is 160. The standard InChI is InChI=1S/C17H34Cl2/c1-3-5-7-9-11-13-15-17(18,19)16-14-12-10-8-6-4-2/h3-16H2,1-2H3. The van der Waals surface area contributed by atoms with Gasteiger partial charge in [-0.05, 0) is 12.8 Å². The van der Waals surface area contributed by atoms with Crippen molar-refractivity contribution in [3.05, 3.63) is 0 Å². The maximum Gasteiger partial charge on any atom is 0.118 e. The normalized spacial score (nSPS) is 12.0. The van der Waals surface area contributed by atoms with Crippen LogP contribution in [0.1, 0.15) is 104 Å². The Labute approximate surface area is 131 Å². The summed E-state index contributed by atoms with van der Waals surface area (Å²) >= 11 is 12.8. The first-order valence-corrected chi connectivity index (χ1v) is 9.26. The van der Waals surface area contributed by atoms with Crippen molar-refractivity contribution in [2.45, 2.75) is 108 Å². The highest BCUT2D eigenvalue weighted by atomic mass is 35.5. The molecule has 0 atom stereocenters. The van der Waals surface area contributed by atoms with Gasteiger partial charge in [-0.3, -0.25) is 0 Å². The fourth-order valence-electron chi connectivity index (χ4n) is 2.45. The molecule has 0 fully saturated rings. The lowest BCUT2D eigenvalue weighted by Crippen LogP contribution is -2.12. The predicted molar refractivity (Wildman–Crippen MR) is 90.4 cm³/mol. The molecular formula is C17H34Cl2. The first-order chi connectivity index (χ1) is 9.12. The molecule has 0 aliphatic heterocycles. The second-order valence-corrected chi connectivity index (χ2v) is 7.53. The monoisotopic (exact) mass is 308 g/mol. The second kappa shape index (κ2) is 13.6. The van der Waals surface area contributed by atoms with E-state index in [9.17, 15) is 0 Å². The minimum atomic E-state index is -0.463. The molecule has 0 aromatic carbocycles. The van der Waals surface area contributed by atoms with Crippen LogP contribution in [0.4, 0.5) is 0 Å². The summed E-state index contributed by atoms with van der Waals surface area (Å²) in [6.45, 7) is 4.51. The molecule has 0 aliphatic rings. The van der Waals surface area contributed by atoms with Gasteiger partial charge in [-0.2, -0.15) is 0 Å². The van der Waals surface area contributed by atoms with E-state index >= 15 is 0 Å². The second-order valence-electron chi connectivity index (χ2n) is 5.89. The van der Waals surface area contributed by atoms with Crippen LogP contribution in [0.25, 0.3) is 0 Å². The number of rotatable bonds is 14. The fourth-order valence-corrected chi connectivity index (χ4v) is 2.99. The van der Waals surface area contributed by atoms with Crippen LogP contribution in [0.3, 0.4) is 0 Å². The Morgan fingerprint density at radius 1 is 0.526 bits per heavy atom. The Kier molecular flexibility index (Phi) is 14.0. The van der Waals surface area contributed by atoms with Gasteiger partial charge in [0.15, 0.2) is 0 Å².